The summed E-state index contributed by atoms with van der Waals surface area (Å²) < 4.78 is 28.2. The van der Waals surface area contributed by atoms with Crippen LogP contribution < -0.4 is 4.72 Å². The Morgan fingerprint density at radius 1 is 1.63 bits per heavy atom. The van der Waals surface area contributed by atoms with Gasteiger partial charge in [0.15, 0.2) is 15.1 Å². The predicted octanol–water partition coefficient (Wildman–Crippen LogP) is 1.49. The van der Waals surface area contributed by atoms with Crippen LogP contribution in [0.15, 0.2) is 16.6 Å². The number of hydrogen-bond donors (Lipinski definition) is 2. The monoisotopic (exact) mass is 323 g/mol. The maximum absolute atomic E-state index is 12.2. The Balaban J connectivity index is 2.19. The summed E-state index contributed by atoms with van der Waals surface area (Å²) in [5.74, 6) is 0. The predicted molar refractivity (Wildman–Crippen MR) is 74.2 cm³/mol. The molecule has 0 fully saturated rings. The molecule has 0 aliphatic heterocycles. The number of sulfonamides is 1. The van der Waals surface area contributed by atoms with Crippen molar-refractivity contribution in [2.24, 2.45) is 0 Å². The molecule has 0 aliphatic rings. The number of nitrogens with one attached hydrogen (secondary N) is 1. The molecule has 0 saturated heterocycles. The van der Waals surface area contributed by atoms with Gasteiger partial charge < -0.3 is 5.11 Å². The molecule has 2 aromatic rings. The summed E-state index contributed by atoms with van der Waals surface area (Å²) in [4.78, 5) is 4.50. The van der Waals surface area contributed by atoms with Gasteiger partial charge in [0.25, 0.3) is 10.0 Å². The number of nitrogens with zero attached hydrogens (tertiary/aromatic N) is 2. The van der Waals surface area contributed by atoms with Crippen molar-refractivity contribution in [1.82, 2.24) is 14.1 Å². The summed E-state index contributed by atoms with van der Waals surface area (Å²) >= 11 is 7.17. The van der Waals surface area contributed by atoms with Gasteiger partial charge in [0, 0.05) is 18.1 Å². The van der Waals surface area contributed by atoms with Gasteiger partial charge in [-0.1, -0.05) is 18.5 Å². The van der Waals surface area contributed by atoms with Crippen LogP contribution >= 0.6 is 22.9 Å². The van der Waals surface area contributed by atoms with Crippen molar-refractivity contribution in [2.45, 2.75) is 30.9 Å². The lowest BCUT2D eigenvalue weighted by atomic mass is 10.2. The maximum Gasteiger partial charge on any atom is 0.259 e. The quantitative estimate of drug-likeness (QED) is 0.843. The molecule has 6 nitrogen and oxygen atoms in total. The van der Waals surface area contributed by atoms with Crippen LogP contribution in [0.2, 0.25) is 5.15 Å². The lowest BCUT2D eigenvalue weighted by Crippen LogP contribution is -2.28. The van der Waals surface area contributed by atoms with Crippen molar-refractivity contribution < 1.29 is 13.5 Å². The second-order valence-corrected chi connectivity index (χ2v) is 6.93. The molecule has 1 atom stereocenters. The Morgan fingerprint density at radius 2 is 2.37 bits per heavy atom. The number of hydrogen-bond acceptors (Lipinski definition) is 5. The molecule has 2 aromatic heterocycles. The van der Waals surface area contributed by atoms with Crippen molar-refractivity contribution in [3.05, 3.63) is 16.7 Å². The number of aromatic nitrogens is 2. The van der Waals surface area contributed by atoms with Crippen molar-refractivity contribution in [1.29, 1.82) is 0 Å². The first kappa shape index (κ1) is 14.7. The molecule has 2 heterocycles. The van der Waals surface area contributed by atoms with E-state index in [2.05, 4.69) is 9.71 Å². The third kappa shape index (κ3) is 3.09. The molecule has 9 heteroatoms. The fourth-order valence-electron chi connectivity index (χ4n) is 1.61. The molecule has 2 N–H and O–H groups in total. The van der Waals surface area contributed by atoms with Crippen LogP contribution in [-0.4, -0.2) is 35.6 Å². The Bertz CT molecular complexity index is 665. The second kappa shape index (κ2) is 5.76. The van der Waals surface area contributed by atoms with E-state index >= 15 is 0 Å². The molecule has 0 saturated carbocycles. The van der Waals surface area contributed by atoms with Gasteiger partial charge in [-0.15, -0.1) is 11.3 Å². The minimum atomic E-state index is -3.73. The van der Waals surface area contributed by atoms with E-state index in [1.54, 1.807) is 11.6 Å². The first-order chi connectivity index (χ1) is 8.95. The zero-order chi connectivity index (χ0) is 14.0. The van der Waals surface area contributed by atoms with E-state index in [4.69, 9.17) is 11.6 Å². The molecule has 0 aromatic carbocycles. The van der Waals surface area contributed by atoms with Gasteiger partial charge in [0.05, 0.1) is 6.10 Å². The second-order valence-electron chi connectivity index (χ2n) is 4.01. The Kier molecular flexibility index (Phi) is 4.46. The molecule has 0 aliphatic carbocycles. The lowest BCUT2D eigenvalue weighted by Gasteiger charge is -2.09. The number of rotatable bonds is 6. The summed E-state index contributed by atoms with van der Waals surface area (Å²) in [6.45, 7) is 1.99. The highest BCUT2D eigenvalue weighted by molar-refractivity contribution is 7.89. The van der Waals surface area contributed by atoms with Gasteiger partial charge in [0.1, 0.15) is 0 Å². The maximum atomic E-state index is 12.2. The van der Waals surface area contributed by atoms with Crippen LogP contribution in [0.4, 0.5) is 0 Å². The number of fused-ring (bicyclic) bond motifs is 1. The summed E-state index contributed by atoms with van der Waals surface area (Å²) in [6.07, 6.45) is 2.04. The van der Waals surface area contributed by atoms with Gasteiger partial charge in [-0.3, -0.25) is 4.40 Å². The van der Waals surface area contributed by atoms with Crippen LogP contribution in [0.25, 0.3) is 4.96 Å². The fraction of sp³-hybridized carbons (Fsp3) is 0.500. The van der Waals surface area contributed by atoms with E-state index in [9.17, 15) is 13.5 Å². The molecule has 0 amide bonds. The number of aliphatic hydroxyl groups excluding tert-OH is 1. The Hall–Kier alpha value is -0.670. The fourth-order valence-corrected chi connectivity index (χ4v) is 4.11. The number of thiazole rings is 1. The highest BCUT2D eigenvalue weighted by Gasteiger charge is 2.24. The van der Waals surface area contributed by atoms with Crippen molar-refractivity contribution in [3.63, 3.8) is 0 Å². The molecule has 1 unspecified atom stereocenters. The molecular formula is C10H14ClN3O3S2. The van der Waals surface area contributed by atoms with Crippen molar-refractivity contribution >= 4 is 37.9 Å². The lowest BCUT2D eigenvalue weighted by molar-refractivity contribution is 0.162. The van der Waals surface area contributed by atoms with Gasteiger partial charge in [0.2, 0.25) is 0 Å². The van der Waals surface area contributed by atoms with Crippen LogP contribution in [0.5, 0.6) is 0 Å². The topological polar surface area (TPSA) is 83.7 Å². The van der Waals surface area contributed by atoms with Gasteiger partial charge >= 0.3 is 0 Å². The molecule has 2 rings (SSSR count). The standard InChI is InChI=1S/C10H14ClN3O3S2/c1-2-7(15)3-4-12-19(16,17)9-8(11)13-10-14(9)5-6-18-10/h5-7,12,15H,2-4H2,1H3. The zero-order valence-electron chi connectivity index (χ0n) is 10.2. The summed E-state index contributed by atoms with van der Waals surface area (Å²) in [5, 5.41) is 11.0. The summed E-state index contributed by atoms with van der Waals surface area (Å²) in [5.41, 5.74) is 0. The highest BCUT2D eigenvalue weighted by Crippen LogP contribution is 2.25. The van der Waals surface area contributed by atoms with E-state index < -0.39 is 16.1 Å². The first-order valence-corrected chi connectivity index (χ1v) is 8.48. The van der Waals surface area contributed by atoms with Crippen LogP contribution in [-0.2, 0) is 10.0 Å². The van der Waals surface area contributed by atoms with Gasteiger partial charge in [-0.2, -0.15) is 0 Å². The average molecular weight is 324 g/mol. The smallest absolute Gasteiger partial charge is 0.259 e. The Morgan fingerprint density at radius 3 is 3.05 bits per heavy atom. The van der Waals surface area contributed by atoms with Crippen LogP contribution in [0, 0.1) is 0 Å². The Labute approximate surface area is 120 Å². The molecule has 0 radical (unpaired) electrons. The minimum absolute atomic E-state index is 0.0459. The van der Waals surface area contributed by atoms with E-state index in [0.29, 0.717) is 17.8 Å². The largest absolute Gasteiger partial charge is 0.393 e. The average Bonchev–Trinajstić information content (AvgIpc) is 2.87. The minimum Gasteiger partial charge on any atom is -0.393 e. The third-order valence-electron chi connectivity index (χ3n) is 2.67. The number of imidazole rings is 1. The summed E-state index contributed by atoms with van der Waals surface area (Å²) in [6, 6.07) is 0. The SMILES string of the molecule is CCC(O)CCNS(=O)(=O)c1c(Cl)nc2sccn12. The highest BCUT2D eigenvalue weighted by atomic mass is 35.5. The van der Waals surface area contributed by atoms with Crippen LogP contribution in [0.1, 0.15) is 19.8 Å². The number of aliphatic hydroxyl groups is 1. The van der Waals surface area contributed by atoms with Gasteiger partial charge in [-0.05, 0) is 12.8 Å². The molecule has 106 valence electrons. The van der Waals surface area contributed by atoms with E-state index in [-0.39, 0.29) is 16.7 Å². The number of halogens is 1. The van der Waals surface area contributed by atoms with E-state index in [0.717, 1.165) is 0 Å². The van der Waals surface area contributed by atoms with Crippen molar-refractivity contribution in [3.8, 4) is 0 Å². The molecule has 19 heavy (non-hydrogen) atoms. The van der Waals surface area contributed by atoms with Crippen molar-refractivity contribution in [2.75, 3.05) is 6.54 Å². The van der Waals surface area contributed by atoms with Crippen LogP contribution in [0.3, 0.4) is 0 Å². The van der Waals surface area contributed by atoms with E-state index in [1.807, 2.05) is 6.92 Å². The molecule has 0 spiro atoms. The van der Waals surface area contributed by atoms with E-state index in [1.165, 1.54) is 15.7 Å². The molecular weight excluding hydrogens is 310 g/mol. The zero-order valence-corrected chi connectivity index (χ0v) is 12.6. The summed E-state index contributed by atoms with van der Waals surface area (Å²) in [7, 11) is -3.73. The first-order valence-electron chi connectivity index (χ1n) is 5.74. The molecule has 0 bridgehead atoms. The third-order valence-corrected chi connectivity index (χ3v) is 5.29. The normalized spacial score (nSPS) is 14.1. The van der Waals surface area contributed by atoms with Gasteiger partial charge in [-0.25, -0.2) is 18.1 Å².